The van der Waals surface area contributed by atoms with Crippen LogP contribution in [-0.4, -0.2) is 276 Å². The third kappa shape index (κ3) is 35.1. The van der Waals surface area contributed by atoms with Crippen LogP contribution in [0.4, 0.5) is 13.2 Å². The van der Waals surface area contributed by atoms with Gasteiger partial charge in [-0.2, -0.15) is 24.9 Å². The summed E-state index contributed by atoms with van der Waals surface area (Å²) in [5, 5.41) is 89.0. The Morgan fingerprint density at radius 1 is 0.584 bits per heavy atom. The number of nitrogens with two attached hydrogens (primary N) is 3. The Balaban J connectivity index is 0.00000379. The fourth-order valence-corrected chi connectivity index (χ4v) is 13.4. The molecule has 5 aromatic rings. The lowest BCUT2D eigenvalue weighted by atomic mass is 10.0. The van der Waals surface area contributed by atoms with Gasteiger partial charge >= 0.3 is 18.1 Å². The molecular formula is C79H110F3N21O21S. The highest BCUT2D eigenvalue weighted by Crippen LogP contribution is 2.23. The van der Waals surface area contributed by atoms with Crippen LogP contribution in [0.1, 0.15) is 107 Å². The number of rotatable bonds is 50. The summed E-state index contributed by atoms with van der Waals surface area (Å²) in [4.78, 5) is 229. The van der Waals surface area contributed by atoms with Gasteiger partial charge in [0.05, 0.1) is 31.8 Å². The number of benzene rings is 3. The fourth-order valence-electron chi connectivity index (χ4n) is 12.9. The maximum Gasteiger partial charge on any atom is 0.490 e. The number of imidazole rings is 1. The van der Waals surface area contributed by atoms with Crippen LogP contribution < -0.4 is 86.3 Å². The zero-order valence-corrected chi connectivity index (χ0v) is 69.8. The molecule has 0 bridgehead atoms. The van der Waals surface area contributed by atoms with Gasteiger partial charge in [-0.25, -0.2) is 9.78 Å². The van der Waals surface area contributed by atoms with E-state index in [1.54, 1.807) is 80.9 Å². The summed E-state index contributed by atoms with van der Waals surface area (Å²) in [6.45, 7) is 2.20. The lowest BCUT2D eigenvalue weighted by Crippen LogP contribution is -2.61. The van der Waals surface area contributed by atoms with Crippen LogP contribution in [0.5, 0.6) is 5.75 Å². The molecule has 3 heterocycles. The number of hydrogen-bond acceptors (Lipinski definition) is 23. The number of guanidine groups is 1. The fraction of sp³-hybridized carbons (Fsp3) is 0.494. The average molecular weight is 1780 g/mol. The van der Waals surface area contributed by atoms with Crippen LogP contribution in [0.2, 0.25) is 0 Å². The quantitative estimate of drug-likeness (QED) is 0.0101. The molecule has 12 unspecified atom stereocenters. The number of amides is 14. The second kappa shape index (κ2) is 51.8. The van der Waals surface area contributed by atoms with Crippen LogP contribution >= 0.6 is 11.8 Å². The first-order valence-corrected chi connectivity index (χ1v) is 41.2. The summed E-state index contributed by atoms with van der Waals surface area (Å²) < 4.78 is 31.7. The number of fused-ring (bicyclic) bond motifs is 1. The number of primary amides is 1. The van der Waals surface area contributed by atoms with Crippen molar-refractivity contribution in [3.63, 3.8) is 0 Å². The van der Waals surface area contributed by atoms with Crippen molar-refractivity contribution < 1.29 is 115 Å². The number of aromatic hydroxyl groups is 1. The van der Waals surface area contributed by atoms with Gasteiger partial charge in [0, 0.05) is 75.4 Å². The van der Waals surface area contributed by atoms with Crippen LogP contribution in [0.3, 0.4) is 0 Å². The summed E-state index contributed by atoms with van der Waals surface area (Å²) in [6.07, 6.45) is -0.407. The molecule has 14 amide bonds. The van der Waals surface area contributed by atoms with E-state index in [0.29, 0.717) is 46.9 Å². The highest BCUT2D eigenvalue weighted by molar-refractivity contribution is 7.98. The summed E-state index contributed by atoms with van der Waals surface area (Å²) in [6, 6.07) is 2.91. The number of aromatic nitrogens is 3. The van der Waals surface area contributed by atoms with Crippen molar-refractivity contribution in [1.29, 1.82) is 5.41 Å². The summed E-state index contributed by atoms with van der Waals surface area (Å²) in [5.41, 5.74) is 19.2. The van der Waals surface area contributed by atoms with Crippen molar-refractivity contribution in [1.82, 2.24) is 89.0 Å². The molecule has 46 heteroatoms. The number of likely N-dealkylation sites (tertiary alicyclic amines) is 1. The molecule has 42 nitrogen and oxygen atoms in total. The topological polar surface area (TPSA) is 680 Å². The van der Waals surface area contributed by atoms with Crippen LogP contribution in [0.25, 0.3) is 10.9 Å². The lowest BCUT2D eigenvalue weighted by molar-refractivity contribution is -0.192. The molecule has 3 aromatic carbocycles. The third-order valence-corrected chi connectivity index (χ3v) is 20.1. The summed E-state index contributed by atoms with van der Waals surface area (Å²) in [5.74, 6) is -17.7. The monoisotopic (exact) mass is 1780 g/mol. The molecule has 1 aliphatic heterocycles. The minimum absolute atomic E-state index is 0.00532. The number of carbonyl (C=O) groups excluding carboxylic acids is 14. The van der Waals surface area contributed by atoms with E-state index in [2.05, 4.69) is 84.1 Å². The molecule has 684 valence electrons. The van der Waals surface area contributed by atoms with Gasteiger partial charge in [-0.3, -0.25) is 77.3 Å². The first-order chi connectivity index (χ1) is 59.3. The SMILES string of the molecule is CSCCC(NC(=O)C(CO)NC(=O)C(Cc1ccc(O)cc1)NC(=O)C(CO)NC(C)=O)C(=O)NC(CCC(=O)O)C(=O)NC(Cc1c[nH]cn1)C(=O)NC(Cc1ccccc1)C(=O)NC(CCCNC(=N)N)C(=O)NC(Cc1c[nH]c2ccccc12)C(=O)NCC(=O)NC(CCCCN)C(=O)N1CCCC1C(=O)NC(C(N)=O)C(C)C.O=C(O)C(F)(F)F. The molecule has 1 fully saturated rings. The lowest BCUT2D eigenvalue weighted by Gasteiger charge is -2.30. The number of hydrogen-bond donors (Lipinski definition) is 24. The van der Waals surface area contributed by atoms with E-state index in [4.69, 9.17) is 32.5 Å². The Hall–Kier alpha value is -13.0. The first-order valence-electron chi connectivity index (χ1n) is 39.8. The van der Waals surface area contributed by atoms with E-state index in [9.17, 15) is 91.1 Å². The van der Waals surface area contributed by atoms with E-state index in [1.165, 1.54) is 53.5 Å². The Morgan fingerprint density at radius 3 is 1.59 bits per heavy atom. The molecule has 6 rings (SSSR count). The maximum atomic E-state index is 15.2. The highest BCUT2D eigenvalue weighted by atomic mass is 32.2. The number of carbonyl (C=O) groups is 16. The number of H-pyrrole nitrogens is 2. The molecule has 1 aliphatic rings. The van der Waals surface area contributed by atoms with Gasteiger partial charge in [0.25, 0.3) is 0 Å². The number of phenolic OH excluding ortho intramolecular Hbond substituents is 1. The standard InChI is InChI=1S/C77H109N21O19S.C2HF3O2/c1-42(2)64(65(79)106)97-75(116)61-20-13-30-98(61)76(117)54(18-10-11-28-78)88-62(103)38-85-66(107)57(34-46-36-84-50-17-9-8-16-49(46)50)94-67(108)51(19-12-29-83-77(80)81)89-70(111)55(32-44-14-6-5-7-15-44)92-72(113)58(35-47-37-82-41-86-47)95-68(109)52(25-26-63(104)105)90-69(110)53(27-31-118-4)91-74(115)60(40-100)96-71(112)56(33-45-21-23-48(102)24-22-45)93-73(114)59(39-99)87-43(3)101;3-2(4,5)1(6)7/h5-9,14-17,21-24,36-37,41-42,51-61,64,84,99-100,102H,10-13,18-20,25-35,38-40,78H2,1-4H3,(H2,79,106)(H,82,86)(H,85,107)(H,87,101)(H,88,103)(H,89,111)(H,90,110)(H,91,115)(H,92,113)(H,93,114)(H,94,108)(H,95,109)(H,96,112)(H,97,116)(H,104,105)(H4,80,81,83);(H,6,7). The summed E-state index contributed by atoms with van der Waals surface area (Å²) in [7, 11) is 0. The second-order valence-corrected chi connectivity index (χ2v) is 30.4. The minimum Gasteiger partial charge on any atom is -0.508 e. The zero-order valence-electron chi connectivity index (χ0n) is 69.0. The highest BCUT2D eigenvalue weighted by Gasteiger charge is 2.42. The molecule has 27 N–H and O–H groups in total. The minimum atomic E-state index is -5.08. The number of aliphatic hydroxyl groups is 2. The largest absolute Gasteiger partial charge is 0.508 e. The molecule has 125 heavy (non-hydrogen) atoms. The number of thioether (sulfide) groups is 1. The van der Waals surface area contributed by atoms with E-state index in [0.717, 1.165) is 6.92 Å². The Bertz CT molecular complexity index is 4490. The van der Waals surface area contributed by atoms with E-state index in [1.807, 2.05) is 0 Å². The molecule has 2 aromatic heterocycles. The molecule has 0 spiro atoms. The van der Waals surface area contributed by atoms with Gasteiger partial charge in [0.2, 0.25) is 82.7 Å². The molecule has 12 atom stereocenters. The van der Waals surface area contributed by atoms with Crippen molar-refractivity contribution in [2.45, 2.75) is 189 Å². The van der Waals surface area contributed by atoms with Crippen molar-refractivity contribution in [3.8, 4) is 5.75 Å². The number of aliphatic hydroxyl groups excluding tert-OH is 2. The summed E-state index contributed by atoms with van der Waals surface area (Å²) >= 11 is 1.23. The van der Waals surface area contributed by atoms with Crippen molar-refractivity contribution in [2.75, 3.05) is 51.4 Å². The normalized spacial score (nSPS) is 15.0. The molecule has 0 saturated carbocycles. The van der Waals surface area contributed by atoms with Crippen molar-refractivity contribution in [2.24, 2.45) is 23.1 Å². The van der Waals surface area contributed by atoms with Gasteiger partial charge in [-0.15, -0.1) is 0 Å². The number of phenols is 1. The van der Waals surface area contributed by atoms with E-state index >= 15 is 14.4 Å². The molecule has 0 aliphatic carbocycles. The predicted octanol–water partition coefficient (Wildman–Crippen LogP) is -3.90. The number of carboxylic acids is 2. The van der Waals surface area contributed by atoms with Crippen LogP contribution in [0.15, 0.2) is 97.6 Å². The average Bonchev–Trinajstić information content (AvgIpc) is 1.79. The van der Waals surface area contributed by atoms with Gasteiger partial charge in [-0.1, -0.05) is 74.5 Å². The van der Waals surface area contributed by atoms with Crippen LogP contribution in [0, 0.1) is 11.3 Å². The predicted molar refractivity (Wildman–Crippen MR) is 445 cm³/mol. The van der Waals surface area contributed by atoms with Gasteiger partial charge in [0.15, 0.2) is 5.96 Å². The number of unbranched alkanes of at least 4 members (excludes halogenated alkanes) is 1. The number of nitrogens with zero attached hydrogens (tertiary/aromatic N) is 2. The molecule has 0 radical (unpaired) electrons. The number of carboxylic acid groups (broad SMARTS) is 2. The Morgan fingerprint density at radius 2 is 1.08 bits per heavy atom. The first kappa shape index (κ1) is 103. The number of nitrogens with one attached hydrogen (secondary N) is 16. The Kier molecular flexibility index (Phi) is 42.5. The van der Waals surface area contributed by atoms with Gasteiger partial charge in [0.1, 0.15) is 78.3 Å². The third-order valence-electron chi connectivity index (χ3n) is 19.4. The van der Waals surface area contributed by atoms with E-state index in [-0.39, 0.29) is 94.1 Å². The smallest absolute Gasteiger partial charge is 0.490 e. The van der Waals surface area contributed by atoms with Crippen molar-refractivity contribution >= 4 is 123 Å². The second-order valence-electron chi connectivity index (χ2n) is 29.4. The molecule has 1 saturated heterocycles. The van der Waals surface area contributed by atoms with Gasteiger partial charge in [-0.05, 0) is 117 Å². The zero-order chi connectivity index (χ0) is 92.6. The number of alkyl halides is 3. The Labute approximate surface area is 719 Å². The number of para-hydroxylation sites is 1. The number of aliphatic carboxylic acids is 2. The number of halogens is 3. The molecular weight excluding hydrogens is 1670 g/mol. The van der Waals surface area contributed by atoms with E-state index < -0.39 is 218 Å². The van der Waals surface area contributed by atoms with Crippen LogP contribution in [-0.2, 0) is 102 Å². The van der Waals surface area contributed by atoms with Crippen molar-refractivity contribution in [3.05, 3.63) is 120 Å². The number of aromatic amines is 2. The van der Waals surface area contributed by atoms with Gasteiger partial charge < -0.3 is 127 Å². The maximum absolute atomic E-state index is 15.2.